The second-order valence-corrected chi connectivity index (χ2v) is 6.09. The van der Waals surface area contributed by atoms with Crippen LogP contribution in [0.4, 0.5) is 0 Å². The van der Waals surface area contributed by atoms with Crippen LogP contribution in [0.25, 0.3) is 11.5 Å². The highest BCUT2D eigenvalue weighted by atomic mass is 16.5. The lowest BCUT2D eigenvalue weighted by Gasteiger charge is -2.21. The summed E-state index contributed by atoms with van der Waals surface area (Å²) in [5.41, 5.74) is 2.39. The SMILES string of the molecule is CCc1ccnc(-c2noc(C3CC34CCOCC4)n2)c1. The van der Waals surface area contributed by atoms with E-state index in [4.69, 9.17) is 9.26 Å². The Bertz CT molecular complexity index is 646. The van der Waals surface area contributed by atoms with E-state index in [0.717, 1.165) is 50.5 Å². The van der Waals surface area contributed by atoms with Gasteiger partial charge in [0.15, 0.2) is 0 Å². The van der Waals surface area contributed by atoms with Crippen molar-refractivity contribution in [3.05, 3.63) is 29.8 Å². The Hall–Kier alpha value is -1.75. The Kier molecular flexibility index (Phi) is 3.03. The van der Waals surface area contributed by atoms with Gasteiger partial charge >= 0.3 is 0 Å². The molecule has 2 aliphatic rings. The smallest absolute Gasteiger partial charge is 0.230 e. The molecule has 1 aliphatic carbocycles. The van der Waals surface area contributed by atoms with Crippen molar-refractivity contribution in [2.75, 3.05) is 13.2 Å². The first kappa shape index (κ1) is 13.0. The van der Waals surface area contributed by atoms with E-state index in [-0.39, 0.29) is 0 Å². The zero-order chi connectivity index (χ0) is 14.3. The largest absolute Gasteiger partial charge is 0.381 e. The predicted molar refractivity (Wildman–Crippen MR) is 76.8 cm³/mol. The van der Waals surface area contributed by atoms with Crippen molar-refractivity contribution in [2.24, 2.45) is 5.41 Å². The van der Waals surface area contributed by atoms with Crippen LogP contribution in [0.3, 0.4) is 0 Å². The standard InChI is InChI=1S/C16H19N3O2/c1-2-11-3-6-17-13(9-11)14-18-15(21-19-14)12-10-16(12)4-7-20-8-5-16/h3,6,9,12H,2,4-5,7-8,10H2,1H3. The molecule has 0 amide bonds. The molecule has 1 unspecified atom stereocenters. The molecule has 5 nitrogen and oxygen atoms in total. The number of rotatable bonds is 3. The van der Waals surface area contributed by atoms with E-state index >= 15 is 0 Å². The second kappa shape index (κ2) is 4.91. The van der Waals surface area contributed by atoms with Gasteiger partial charge in [0.25, 0.3) is 0 Å². The maximum Gasteiger partial charge on any atom is 0.230 e. The number of ether oxygens (including phenoxy) is 1. The molecular weight excluding hydrogens is 266 g/mol. The van der Waals surface area contributed by atoms with Crippen LogP contribution in [-0.4, -0.2) is 28.3 Å². The number of nitrogens with zero attached hydrogens (tertiary/aromatic N) is 3. The number of hydrogen-bond acceptors (Lipinski definition) is 5. The van der Waals surface area contributed by atoms with Gasteiger partial charge in [0, 0.05) is 25.3 Å². The van der Waals surface area contributed by atoms with Gasteiger partial charge in [0.1, 0.15) is 5.69 Å². The number of hydrogen-bond donors (Lipinski definition) is 0. The summed E-state index contributed by atoms with van der Waals surface area (Å²) in [5.74, 6) is 1.79. The van der Waals surface area contributed by atoms with E-state index < -0.39 is 0 Å². The zero-order valence-electron chi connectivity index (χ0n) is 12.2. The third-order valence-corrected chi connectivity index (χ3v) is 4.88. The second-order valence-electron chi connectivity index (χ2n) is 6.09. The Morgan fingerprint density at radius 1 is 1.33 bits per heavy atom. The third kappa shape index (κ3) is 2.25. The molecule has 0 N–H and O–H groups in total. The van der Waals surface area contributed by atoms with E-state index in [0.29, 0.717) is 17.2 Å². The minimum Gasteiger partial charge on any atom is -0.381 e. The average Bonchev–Trinajstić information content (AvgIpc) is 3.01. The van der Waals surface area contributed by atoms with Gasteiger partial charge in [-0.15, -0.1) is 0 Å². The summed E-state index contributed by atoms with van der Waals surface area (Å²) in [6, 6.07) is 4.05. The Balaban J connectivity index is 1.56. The first-order valence-electron chi connectivity index (χ1n) is 7.67. The molecule has 1 atom stereocenters. The molecule has 0 aromatic carbocycles. The normalized spacial score (nSPS) is 23.4. The monoisotopic (exact) mass is 285 g/mol. The lowest BCUT2D eigenvalue weighted by molar-refractivity contribution is 0.0544. The zero-order valence-corrected chi connectivity index (χ0v) is 12.2. The quantitative estimate of drug-likeness (QED) is 0.867. The topological polar surface area (TPSA) is 61.0 Å². The van der Waals surface area contributed by atoms with Crippen LogP contribution in [0, 0.1) is 5.41 Å². The number of pyridine rings is 1. The Morgan fingerprint density at radius 2 is 2.19 bits per heavy atom. The number of aromatic nitrogens is 3. The Morgan fingerprint density at radius 3 is 3.00 bits per heavy atom. The maximum atomic E-state index is 5.50. The van der Waals surface area contributed by atoms with Gasteiger partial charge < -0.3 is 9.26 Å². The molecule has 2 aromatic heterocycles. The summed E-state index contributed by atoms with van der Waals surface area (Å²) >= 11 is 0. The highest BCUT2D eigenvalue weighted by Crippen LogP contribution is 2.64. The maximum absolute atomic E-state index is 5.50. The summed E-state index contributed by atoms with van der Waals surface area (Å²) in [4.78, 5) is 8.94. The van der Waals surface area contributed by atoms with Crippen molar-refractivity contribution in [2.45, 2.75) is 38.5 Å². The minimum absolute atomic E-state index is 0.362. The van der Waals surface area contributed by atoms with Gasteiger partial charge in [-0.1, -0.05) is 12.1 Å². The minimum atomic E-state index is 0.362. The van der Waals surface area contributed by atoms with Crippen molar-refractivity contribution in [1.29, 1.82) is 0 Å². The first-order chi connectivity index (χ1) is 10.3. The summed E-state index contributed by atoms with van der Waals surface area (Å²) in [6.45, 7) is 3.84. The van der Waals surface area contributed by atoms with Crippen molar-refractivity contribution < 1.29 is 9.26 Å². The van der Waals surface area contributed by atoms with E-state index in [1.807, 2.05) is 12.1 Å². The van der Waals surface area contributed by atoms with Gasteiger partial charge in [0.2, 0.25) is 11.7 Å². The van der Waals surface area contributed by atoms with Crippen molar-refractivity contribution >= 4 is 0 Å². The molecule has 0 radical (unpaired) electrons. The van der Waals surface area contributed by atoms with Gasteiger partial charge in [0.05, 0.1) is 0 Å². The van der Waals surface area contributed by atoms with Crippen molar-refractivity contribution in [3.8, 4) is 11.5 Å². The molecule has 0 bridgehead atoms. The predicted octanol–water partition coefficient (Wildman–Crippen LogP) is 2.98. The van der Waals surface area contributed by atoms with E-state index in [1.165, 1.54) is 5.56 Å². The van der Waals surface area contributed by atoms with Gasteiger partial charge in [-0.3, -0.25) is 4.98 Å². The van der Waals surface area contributed by atoms with Gasteiger partial charge in [-0.05, 0) is 48.8 Å². The van der Waals surface area contributed by atoms with Crippen LogP contribution in [0.5, 0.6) is 0 Å². The molecule has 1 saturated heterocycles. The molecule has 4 rings (SSSR count). The van der Waals surface area contributed by atoms with E-state index in [1.54, 1.807) is 6.20 Å². The molecule has 3 heterocycles. The molecule has 110 valence electrons. The van der Waals surface area contributed by atoms with Crippen molar-refractivity contribution in [1.82, 2.24) is 15.1 Å². The van der Waals surface area contributed by atoms with Crippen LogP contribution in [0.2, 0.25) is 0 Å². The lowest BCUT2D eigenvalue weighted by Crippen LogP contribution is -2.18. The summed E-state index contributed by atoms with van der Waals surface area (Å²) < 4.78 is 11.0. The summed E-state index contributed by atoms with van der Waals surface area (Å²) in [7, 11) is 0. The third-order valence-electron chi connectivity index (χ3n) is 4.88. The fourth-order valence-electron chi connectivity index (χ4n) is 3.32. The van der Waals surface area contributed by atoms with Gasteiger partial charge in [-0.2, -0.15) is 4.98 Å². The van der Waals surface area contributed by atoms with Gasteiger partial charge in [-0.25, -0.2) is 0 Å². The first-order valence-corrected chi connectivity index (χ1v) is 7.67. The van der Waals surface area contributed by atoms with Crippen molar-refractivity contribution in [3.63, 3.8) is 0 Å². The molecule has 2 aromatic rings. The van der Waals surface area contributed by atoms with E-state index in [2.05, 4.69) is 22.0 Å². The lowest BCUT2D eigenvalue weighted by atomic mass is 9.94. The highest BCUT2D eigenvalue weighted by molar-refractivity contribution is 5.49. The van der Waals surface area contributed by atoms with Crippen LogP contribution in [0.15, 0.2) is 22.9 Å². The van der Waals surface area contributed by atoms with Crippen LogP contribution in [0.1, 0.15) is 43.6 Å². The molecule has 1 spiro atoms. The van der Waals surface area contributed by atoms with Crippen LogP contribution in [-0.2, 0) is 11.2 Å². The summed E-state index contributed by atoms with van der Waals surface area (Å²) in [5, 5.41) is 4.12. The highest BCUT2D eigenvalue weighted by Gasteiger charge is 2.57. The molecule has 5 heteroatoms. The average molecular weight is 285 g/mol. The van der Waals surface area contributed by atoms with E-state index in [9.17, 15) is 0 Å². The Labute approximate surface area is 123 Å². The fourth-order valence-corrected chi connectivity index (χ4v) is 3.32. The summed E-state index contributed by atoms with van der Waals surface area (Å²) in [6.07, 6.45) is 6.16. The number of aryl methyl sites for hydroxylation is 1. The molecule has 1 aliphatic heterocycles. The fraction of sp³-hybridized carbons (Fsp3) is 0.562. The molecular formula is C16H19N3O2. The van der Waals surface area contributed by atoms with Crippen LogP contribution < -0.4 is 0 Å². The molecule has 2 fully saturated rings. The molecule has 1 saturated carbocycles. The molecule has 21 heavy (non-hydrogen) atoms. The van der Waals surface area contributed by atoms with Crippen LogP contribution >= 0.6 is 0 Å².